The summed E-state index contributed by atoms with van der Waals surface area (Å²) in [6.45, 7) is 2.81. The van der Waals surface area contributed by atoms with Gasteiger partial charge in [-0.05, 0) is 73.2 Å². The van der Waals surface area contributed by atoms with Crippen LogP contribution in [0.1, 0.15) is 11.3 Å². The van der Waals surface area contributed by atoms with Gasteiger partial charge in [-0.15, -0.1) is 0 Å². The molecular weight excluding hydrogens is 419 g/mol. The van der Waals surface area contributed by atoms with E-state index in [-0.39, 0.29) is 5.82 Å². The summed E-state index contributed by atoms with van der Waals surface area (Å²) in [7, 11) is 0. The molecule has 2 heterocycles. The lowest BCUT2D eigenvalue weighted by Crippen LogP contribution is -2.18. The summed E-state index contributed by atoms with van der Waals surface area (Å²) in [5.74, 6) is -0.281. The number of halogens is 1. The predicted octanol–water partition coefficient (Wildman–Crippen LogP) is 6.49. The molecular formula is C26H21FN4S. The Morgan fingerprint density at radius 2 is 1.62 bits per heavy atom. The van der Waals surface area contributed by atoms with Gasteiger partial charge in [0, 0.05) is 40.4 Å². The summed E-state index contributed by atoms with van der Waals surface area (Å²) < 4.78 is 15.5. The number of rotatable bonds is 4. The fourth-order valence-corrected chi connectivity index (χ4v) is 4.29. The monoisotopic (exact) mass is 440 g/mol. The zero-order valence-corrected chi connectivity index (χ0v) is 18.3. The van der Waals surface area contributed by atoms with E-state index in [1.807, 2.05) is 25.3 Å². The summed E-state index contributed by atoms with van der Waals surface area (Å²) in [5.41, 5.74) is 6.12. The van der Waals surface area contributed by atoms with Crippen LogP contribution >= 0.6 is 12.2 Å². The highest BCUT2D eigenvalue weighted by molar-refractivity contribution is 7.80. The molecule has 0 atom stereocenters. The number of anilines is 2. The van der Waals surface area contributed by atoms with E-state index in [0.717, 1.165) is 45.4 Å². The maximum atomic E-state index is 13.1. The van der Waals surface area contributed by atoms with Gasteiger partial charge >= 0.3 is 0 Å². The third-order valence-electron chi connectivity index (χ3n) is 5.50. The fourth-order valence-electron chi connectivity index (χ4n) is 4.06. The number of hydrogen-bond donors (Lipinski definition) is 2. The second kappa shape index (κ2) is 8.40. The number of hydrogen-bond acceptors (Lipinski definition) is 2. The van der Waals surface area contributed by atoms with Crippen molar-refractivity contribution in [2.75, 3.05) is 10.6 Å². The molecule has 32 heavy (non-hydrogen) atoms. The molecule has 5 aromatic rings. The number of nitrogens with zero attached hydrogens (tertiary/aromatic N) is 2. The van der Waals surface area contributed by atoms with E-state index in [4.69, 9.17) is 12.2 Å². The van der Waals surface area contributed by atoms with Crippen LogP contribution < -0.4 is 10.6 Å². The number of aryl methyl sites for hydroxylation is 1. The zero-order chi connectivity index (χ0) is 22.1. The molecule has 158 valence electrons. The summed E-state index contributed by atoms with van der Waals surface area (Å²) in [6, 6.07) is 24.8. The van der Waals surface area contributed by atoms with Crippen LogP contribution in [0.3, 0.4) is 0 Å². The molecule has 0 bridgehead atoms. The first kappa shape index (κ1) is 20.2. The van der Waals surface area contributed by atoms with Crippen molar-refractivity contribution in [1.82, 2.24) is 9.55 Å². The first-order valence-electron chi connectivity index (χ1n) is 10.3. The SMILES string of the molecule is Cc1nccc2c3cc(NC(=S)Nc4ccc(F)cc4)ccc3n(Cc3ccccc3)c12. The lowest BCUT2D eigenvalue weighted by Gasteiger charge is -2.11. The third kappa shape index (κ3) is 3.92. The molecule has 0 aliphatic heterocycles. The van der Waals surface area contributed by atoms with Crippen LogP contribution in [-0.4, -0.2) is 14.7 Å². The minimum Gasteiger partial charge on any atom is -0.334 e. The molecule has 2 N–H and O–H groups in total. The molecule has 0 unspecified atom stereocenters. The second-order valence-electron chi connectivity index (χ2n) is 7.68. The molecule has 5 rings (SSSR count). The quantitative estimate of drug-likeness (QED) is 0.313. The lowest BCUT2D eigenvalue weighted by molar-refractivity contribution is 0.628. The van der Waals surface area contributed by atoms with Gasteiger partial charge in [0.1, 0.15) is 5.82 Å². The first-order valence-corrected chi connectivity index (χ1v) is 10.7. The Hall–Kier alpha value is -3.77. The van der Waals surface area contributed by atoms with Crippen molar-refractivity contribution in [2.45, 2.75) is 13.5 Å². The van der Waals surface area contributed by atoms with Crippen LogP contribution in [0.2, 0.25) is 0 Å². The Morgan fingerprint density at radius 3 is 2.41 bits per heavy atom. The maximum Gasteiger partial charge on any atom is 0.175 e. The fraction of sp³-hybridized carbons (Fsp3) is 0.0769. The average Bonchev–Trinajstić information content (AvgIpc) is 3.10. The highest BCUT2D eigenvalue weighted by atomic mass is 32.1. The van der Waals surface area contributed by atoms with Crippen LogP contribution in [0.4, 0.5) is 15.8 Å². The van der Waals surface area contributed by atoms with Crippen LogP contribution in [0.25, 0.3) is 21.8 Å². The van der Waals surface area contributed by atoms with E-state index in [1.165, 1.54) is 17.7 Å². The molecule has 0 amide bonds. The largest absolute Gasteiger partial charge is 0.334 e. The smallest absolute Gasteiger partial charge is 0.175 e. The van der Waals surface area contributed by atoms with E-state index in [1.54, 1.807) is 12.1 Å². The van der Waals surface area contributed by atoms with Gasteiger partial charge in [0.15, 0.2) is 5.11 Å². The number of benzene rings is 3. The van der Waals surface area contributed by atoms with E-state index in [2.05, 4.69) is 62.6 Å². The molecule has 3 aromatic carbocycles. The summed E-state index contributed by atoms with van der Waals surface area (Å²) >= 11 is 5.45. The van der Waals surface area contributed by atoms with Gasteiger partial charge in [0.05, 0.1) is 11.2 Å². The van der Waals surface area contributed by atoms with E-state index >= 15 is 0 Å². The molecule has 0 saturated carbocycles. The molecule has 4 nitrogen and oxygen atoms in total. The lowest BCUT2D eigenvalue weighted by atomic mass is 10.1. The van der Waals surface area contributed by atoms with Gasteiger partial charge in [0.25, 0.3) is 0 Å². The molecule has 6 heteroatoms. The Labute approximate surface area is 190 Å². The molecule has 0 saturated heterocycles. The molecule has 0 spiro atoms. The standard InChI is InChI=1S/C26H21FN4S/c1-17-25-22(13-14-28-17)23-15-21(30-26(32)29-20-9-7-19(27)8-10-20)11-12-24(23)31(25)16-18-5-3-2-4-6-18/h2-15H,16H2,1H3,(H2,29,30,32). The van der Waals surface area contributed by atoms with Crippen molar-refractivity contribution in [1.29, 1.82) is 0 Å². The van der Waals surface area contributed by atoms with Crippen LogP contribution in [0, 0.1) is 12.7 Å². The van der Waals surface area contributed by atoms with Crippen molar-refractivity contribution in [2.24, 2.45) is 0 Å². The normalized spacial score (nSPS) is 11.1. The number of fused-ring (bicyclic) bond motifs is 3. The van der Waals surface area contributed by atoms with Crippen molar-refractivity contribution >= 4 is 50.5 Å². The van der Waals surface area contributed by atoms with Crippen LogP contribution in [0.5, 0.6) is 0 Å². The molecule has 0 aliphatic rings. The van der Waals surface area contributed by atoms with Gasteiger partial charge in [-0.1, -0.05) is 30.3 Å². The van der Waals surface area contributed by atoms with Gasteiger partial charge in [-0.2, -0.15) is 0 Å². The van der Waals surface area contributed by atoms with Gasteiger partial charge in [0.2, 0.25) is 0 Å². The van der Waals surface area contributed by atoms with E-state index in [9.17, 15) is 4.39 Å². The van der Waals surface area contributed by atoms with Crippen molar-refractivity contribution in [3.05, 3.63) is 102 Å². The zero-order valence-electron chi connectivity index (χ0n) is 17.5. The highest BCUT2D eigenvalue weighted by Crippen LogP contribution is 2.33. The Bertz CT molecular complexity index is 1430. The minimum absolute atomic E-state index is 0.281. The molecule has 0 radical (unpaired) electrons. The highest BCUT2D eigenvalue weighted by Gasteiger charge is 2.14. The number of thiocarbonyl (C=S) groups is 1. The Kier molecular flexibility index (Phi) is 5.29. The van der Waals surface area contributed by atoms with Gasteiger partial charge in [-0.25, -0.2) is 4.39 Å². The van der Waals surface area contributed by atoms with E-state index in [0.29, 0.717) is 5.11 Å². The second-order valence-corrected chi connectivity index (χ2v) is 8.09. The topological polar surface area (TPSA) is 41.9 Å². The molecule has 2 aromatic heterocycles. The average molecular weight is 441 g/mol. The number of nitrogens with one attached hydrogen (secondary N) is 2. The van der Waals surface area contributed by atoms with Crippen LogP contribution in [0.15, 0.2) is 85.1 Å². The predicted molar refractivity (Wildman–Crippen MR) is 134 cm³/mol. The Morgan fingerprint density at radius 1 is 0.906 bits per heavy atom. The summed E-state index contributed by atoms with van der Waals surface area (Å²) in [5, 5.41) is 9.06. The maximum absolute atomic E-state index is 13.1. The molecule has 0 aliphatic carbocycles. The van der Waals surface area contributed by atoms with Crippen molar-refractivity contribution in [3.63, 3.8) is 0 Å². The summed E-state index contributed by atoms with van der Waals surface area (Å²) in [4.78, 5) is 4.53. The third-order valence-corrected chi connectivity index (χ3v) is 5.70. The first-order chi connectivity index (χ1) is 15.6. The van der Waals surface area contributed by atoms with Crippen LogP contribution in [-0.2, 0) is 6.54 Å². The number of aromatic nitrogens is 2. The van der Waals surface area contributed by atoms with Gasteiger partial charge < -0.3 is 15.2 Å². The number of pyridine rings is 1. The van der Waals surface area contributed by atoms with Gasteiger partial charge in [-0.3, -0.25) is 4.98 Å². The van der Waals surface area contributed by atoms with Crippen molar-refractivity contribution in [3.8, 4) is 0 Å². The van der Waals surface area contributed by atoms with Crippen molar-refractivity contribution < 1.29 is 4.39 Å². The van der Waals surface area contributed by atoms with E-state index < -0.39 is 0 Å². The Balaban J connectivity index is 1.51. The molecule has 0 fully saturated rings. The summed E-state index contributed by atoms with van der Waals surface area (Å²) in [6.07, 6.45) is 1.85. The minimum atomic E-state index is -0.281.